The molecular formula is C14H16N2OS2. The number of furan rings is 1. The Morgan fingerprint density at radius 3 is 2.84 bits per heavy atom. The van der Waals surface area contributed by atoms with E-state index >= 15 is 0 Å². The van der Waals surface area contributed by atoms with Crippen LogP contribution in [0.2, 0.25) is 0 Å². The maximum absolute atomic E-state index is 5.85. The molecule has 0 amide bonds. The molecule has 0 radical (unpaired) electrons. The molecule has 100 valence electrons. The third-order valence-electron chi connectivity index (χ3n) is 2.61. The highest BCUT2D eigenvalue weighted by Crippen LogP contribution is 2.28. The minimum atomic E-state index is 0.415. The van der Waals surface area contributed by atoms with Gasteiger partial charge in [-0.1, -0.05) is 25.2 Å². The zero-order valence-corrected chi connectivity index (χ0v) is 12.3. The zero-order valence-electron chi connectivity index (χ0n) is 10.7. The van der Waals surface area contributed by atoms with E-state index in [1.54, 1.807) is 18.0 Å². The van der Waals surface area contributed by atoms with Crippen LogP contribution in [0.5, 0.6) is 0 Å². The van der Waals surface area contributed by atoms with Gasteiger partial charge in [0, 0.05) is 16.1 Å². The van der Waals surface area contributed by atoms with Crippen molar-refractivity contribution in [3.63, 3.8) is 0 Å². The van der Waals surface area contributed by atoms with E-state index in [1.807, 2.05) is 30.3 Å². The Bertz CT molecular complexity index is 553. The van der Waals surface area contributed by atoms with Crippen LogP contribution in [-0.2, 0) is 6.54 Å². The summed E-state index contributed by atoms with van der Waals surface area (Å²) in [4.78, 5) is 1.53. The first-order valence-electron chi connectivity index (χ1n) is 6.04. The normalized spacial score (nSPS) is 10.4. The molecule has 0 saturated heterocycles. The van der Waals surface area contributed by atoms with E-state index in [1.165, 1.54) is 0 Å². The molecule has 19 heavy (non-hydrogen) atoms. The van der Waals surface area contributed by atoms with Crippen molar-refractivity contribution in [2.45, 2.75) is 18.4 Å². The average molecular weight is 292 g/mol. The summed E-state index contributed by atoms with van der Waals surface area (Å²) in [7, 11) is 0. The molecule has 0 bridgehead atoms. The Morgan fingerprint density at radius 2 is 2.21 bits per heavy atom. The van der Waals surface area contributed by atoms with Crippen LogP contribution in [0, 0.1) is 0 Å². The average Bonchev–Trinajstić information content (AvgIpc) is 2.89. The summed E-state index contributed by atoms with van der Waals surface area (Å²) in [5.74, 6) is 1.86. The fraction of sp³-hybridized carbons (Fsp3) is 0.214. The number of benzene rings is 1. The van der Waals surface area contributed by atoms with Gasteiger partial charge in [0.05, 0.1) is 12.8 Å². The molecule has 0 aliphatic heterocycles. The van der Waals surface area contributed by atoms with Gasteiger partial charge in [-0.3, -0.25) is 0 Å². The molecule has 1 aromatic carbocycles. The van der Waals surface area contributed by atoms with E-state index < -0.39 is 0 Å². The summed E-state index contributed by atoms with van der Waals surface area (Å²) in [6.45, 7) is 2.72. The van der Waals surface area contributed by atoms with Crippen molar-refractivity contribution in [2.75, 3.05) is 11.1 Å². The Hall–Kier alpha value is -1.46. The molecule has 5 heteroatoms. The highest BCUT2D eigenvalue weighted by Gasteiger charge is 2.11. The van der Waals surface area contributed by atoms with Crippen molar-refractivity contribution in [3.8, 4) is 0 Å². The summed E-state index contributed by atoms with van der Waals surface area (Å²) in [6.07, 6.45) is 1.66. The lowest BCUT2D eigenvalue weighted by Crippen LogP contribution is -2.14. The van der Waals surface area contributed by atoms with E-state index in [-0.39, 0.29) is 0 Å². The number of thiocarbonyl (C=S) groups is 1. The SMILES string of the molecule is CCSc1cccc(NCc2ccco2)c1C(N)=S. The molecule has 1 heterocycles. The van der Waals surface area contributed by atoms with Gasteiger partial charge in [-0.15, -0.1) is 11.8 Å². The predicted molar refractivity (Wildman–Crippen MR) is 84.8 cm³/mol. The van der Waals surface area contributed by atoms with E-state index in [9.17, 15) is 0 Å². The largest absolute Gasteiger partial charge is 0.467 e. The van der Waals surface area contributed by atoms with Crippen molar-refractivity contribution < 1.29 is 4.42 Å². The lowest BCUT2D eigenvalue weighted by atomic mass is 10.1. The topological polar surface area (TPSA) is 51.2 Å². The van der Waals surface area contributed by atoms with Crippen molar-refractivity contribution in [1.29, 1.82) is 0 Å². The Kier molecular flexibility index (Phi) is 4.87. The number of rotatable bonds is 6. The summed E-state index contributed by atoms with van der Waals surface area (Å²) in [6, 6.07) is 9.83. The second-order valence-electron chi connectivity index (χ2n) is 3.91. The van der Waals surface area contributed by atoms with Crippen LogP contribution in [0.15, 0.2) is 45.9 Å². The minimum absolute atomic E-state index is 0.415. The standard InChI is InChI=1S/C14H16N2OS2/c1-2-19-12-7-3-6-11(13(12)14(15)18)16-9-10-5-4-8-17-10/h3-8,16H,2,9H2,1H3,(H2,15,18). The van der Waals surface area contributed by atoms with Gasteiger partial charge in [0.15, 0.2) is 0 Å². The number of nitrogens with two attached hydrogens (primary N) is 1. The fourth-order valence-electron chi connectivity index (χ4n) is 1.80. The van der Waals surface area contributed by atoms with E-state index in [2.05, 4.69) is 12.2 Å². The molecule has 0 spiro atoms. The Balaban J connectivity index is 2.23. The third kappa shape index (κ3) is 3.52. The molecule has 0 aliphatic carbocycles. The van der Waals surface area contributed by atoms with E-state index in [4.69, 9.17) is 22.4 Å². The summed E-state index contributed by atoms with van der Waals surface area (Å²) < 4.78 is 5.30. The summed E-state index contributed by atoms with van der Waals surface area (Å²) in [5, 5.41) is 3.32. The van der Waals surface area contributed by atoms with Crippen LogP contribution in [0.1, 0.15) is 18.2 Å². The highest BCUT2D eigenvalue weighted by molar-refractivity contribution is 7.99. The van der Waals surface area contributed by atoms with E-state index in [0.717, 1.165) is 27.7 Å². The Labute approximate surface area is 122 Å². The maximum Gasteiger partial charge on any atom is 0.122 e. The molecule has 0 saturated carbocycles. The smallest absolute Gasteiger partial charge is 0.122 e. The van der Waals surface area contributed by atoms with Gasteiger partial charge in [0.2, 0.25) is 0 Å². The number of anilines is 1. The highest BCUT2D eigenvalue weighted by atomic mass is 32.2. The third-order valence-corrected chi connectivity index (χ3v) is 3.75. The van der Waals surface area contributed by atoms with Crippen molar-refractivity contribution in [2.24, 2.45) is 5.73 Å². The van der Waals surface area contributed by atoms with Crippen LogP contribution in [0.3, 0.4) is 0 Å². The first-order valence-corrected chi connectivity index (χ1v) is 7.43. The number of hydrogen-bond acceptors (Lipinski definition) is 4. The predicted octanol–water partition coefficient (Wildman–Crippen LogP) is 3.64. The van der Waals surface area contributed by atoms with Crippen molar-refractivity contribution in [3.05, 3.63) is 47.9 Å². The quantitative estimate of drug-likeness (QED) is 0.629. The molecule has 2 aromatic rings. The van der Waals surface area contributed by atoms with Gasteiger partial charge in [0.25, 0.3) is 0 Å². The second kappa shape index (κ2) is 6.63. The van der Waals surface area contributed by atoms with Crippen molar-refractivity contribution in [1.82, 2.24) is 0 Å². The van der Waals surface area contributed by atoms with Gasteiger partial charge in [-0.2, -0.15) is 0 Å². The summed E-state index contributed by atoms with van der Waals surface area (Å²) in [5.41, 5.74) is 7.71. The summed E-state index contributed by atoms with van der Waals surface area (Å²) >= 11 is 6.90. The lowest BCUT2D eigenvalue weighted by molar-refractivity contribution is 0.518. The fourth-order valence-corrected chi connectivity index (χ4v) is 2.94. The van der Waals surface area contributed by atoms with Crippen LogP contribution in [0.4, 0.5) is 5.69 Å². The molecule has 3 nitrogen and oxygen atoms in total. The van der Waals surface area contributed by atoms with Crippen LogP contribution >= 0.6 is 24.0 Å². The van der Waals surface area contributed by atoms with Crippen LogP contribution < -0.4 is 11.1 Å². The first-order chi connectivity index (χ1) is 9.22. The number of nitrogens with one attached hydrogen (secondary N) is 1. The number of thioether (sulfide) groups is 1. The minimum Gasteiger partial charge on any atom is -0.467 e. The molecule has 0 atom stereocenters. The van der Waals surface area contributed by atoms with Crippen molar-refractivity contribution >= 4 is 34.7 Å². The second-order valence-corrected chi connectivity index (χ2v) is 5.65. The molecule has 3 N–H and O–H groups in total. The molecular weight excluding hydrogens is 276 g/mol. The van der Waals surface area contributed by atoms with Gasteiger partial charge >= 0.3 is 0 Å². The van der Waals surface area contributed by atoms with Gasteiger partial charge < -0.3 is 15.5 Å². The van der Waals surface area contributed by atoms with Gasteiger partial charge in [-0.05, 0) is 30.0 Å². The maximum atomic E-state index is 5.85. The molecule has 0 unspecified atom stereocenters. The van der Waals surface area contributed by atoms with Crippen LogP contribution in [0.25, 0.3) is 0 Å². The van der Waals surface area contributed by atoms with Crippen LogP contribution in [-0.4, -0.2) is 10.7 Å². The molecule has 1 aromatic heterocycles. The van der Waals surface area contributed by atoms with Gasteiger partial charge in [0.1, 0.15) is 10.7 Å². The lowest BCUT2D eigenvalue weighted by Gasteiger charge is -2.14. The van der Waals surface area contributed by atoms with E-state index in [0.29, 0.717) is 11.5 Å². The number of hydrogen-bond donors (Lipinski definition) is 2. The Morgan fingerprint density at radius 1 is 1.37 bits per heavy atom. The molecule has 0 fully saturated rings. The monoisotopic (exact) mass is 292 g/mol. The molecule has 2 rings (SSSR count). The van der Waals surface area contributed by atoms with Gasteiger partial charge in [-0.25, -0.2) is 0 Å². The molecule has 0 aliphatic rings. The first kappa shape index (κ1) is 14.0. The zero-order chi connectivity index (χ0) is 13.7.